The van der Waals surface area contributed by atoms with Crippen LogP contribution in [0.4, 0.5) is 0 Å². The summed E-state index contributed by atoms with van der Waals surface area (Å²) in [4.78, 5) is 2.48. The van der Waals surface area contributed by atoms with Crippen LogP contribution >= 0.6 is 11.6 Å². The molecule has 0 saturated carbocycles. The van der Waals surface area contributed by atoms with Gasteiger partial charge in [-0.05, 0) is 36.4 Å². The van der Waals surface area contributed by atoms with Gasteiger partial charge >= 0.3 is 0 Å². The molecule has 0 amide bonds. The molecule has 2 heterocycles. The van der Waals surface area contributed by atoms with Crippen LogP contribution in [0.3, 0.4) is 0 Å². The fourth-order valence-corrected chi connectivity index (χ4v) is 4.05. The minimum atomic E-state index is -3.44. The number of halogens is 1. The van der Waals surface area contributed by atoms with Gasteiger partial charge in [0.05, 0.1) is 17.7 Å². The van der Waals surface area contributed by atoms with Gasteiger partial charge in [-0.15, -0.1) is 0 Å². The second-order valence-corrected chi connectivity index (χ2v) is 7.59. The minimum absolute atomic E-state index is 0.288. The van der Waals surface area contributed by atoms with Crippen LogP contribution in [0.25, 0.3) is 0 Å². The van der Waals surface area contributed by atoms with Crippen molar-refractivity contribution in [3.8, 4) is 0 Å². The van der Waals surface area contributed by atoms with E-state index in [9.17, 15) is 8.42 Å². The molecule has 3 rings (SSSR count). The van der Waals surface area contributed by atoms with E-state index in [4.69, 9.17) is 16.0 Å². The Morgan fingerprint density at radius 1 is 1.05 bits per heavy atom. The third kappa shape index (κ3) is 3.35. The Labute approximate surface area is 135 Å². The second-order valence-electron chi connectivity index (χ2n) is 5.21. The van der Waals surface area contributed by atoms with Gasteiger partial charge in [0.1, 0.15) is 5.76 Å². The van der Waals surface area contributed by atoms with Gasteiger partial charge in [0, 0.05) is 31.2 Å². The van der Waals surface area contributed by atoms with Crippen molar-refractivity contribution in [2.45, 2.75) is 11.4 Å². The summed E-state index contributed by atoms with van der Waals surface area (Å²) < 4.78 is 32.0. The van der Waals surface area contributed by atoms with E-state index in [1.807, 2.05) is 12.1 Å². The summed E-state index contributed by atoms with van der Waals surface area (Å²) in [5, 5.41) is 0.530. The van der Waals surface area contributed by atoms with E-state index < -0.39 is 10.0 Å². The maximum absolute atomic E-state index is 12.6. The third-order valence-corrected chi connectivity index (χ3v) is 5.91. The quantitative estimate of drug-likeness (QED) is 0.857. The van der Waals surface area contributed by atoms with Crippen molar-refractivity contribution in [2.24, 2.45) is 0 Å². The molecule has 0 bridgehead atoms. The zero-order valence-electron chi connectivity index (χ0n) is 12.0. The van der Waals surface area contributed by atoms with Crippen molar-refractivity contribution in [2.75, 3.05) is 26.2 Å². The molecular formula is C15H17ClN2O3S. The molecule has 1 saturated heterocycles. The number of hydrogen-bond acceptors (Lipinski definition) is 4. The molecule has 1 aromatic heterocycles. The highest BCUT2D eigenvalue weighted by Gasteiger charge is 2.28. The summed E-state index contributed by atoms with van der Waals surface area (Å²) in [5.74, 6) is 0.897. The Morgan fingerprint density at radius 3 is 2.32 bits per heavy atom. The SMILES string of the molecule is O=S(=O)(c1ccc(Cl)cc1)N1CCN(Cc2ccco2)CC1. The number of rotatable bonds is 4. The first kappa shape index (κ1) is 15.6. The first-order valence-corrected chi connectivity index (χ1v) is 8.88. The smallest absolute Gasteiger partial charge is 0.243 e. The highest BCUT2D eigenvalue weighted by Crippen LogP contribution is 2.20. The zero-order valence-corrected chi connectivity index (χ0v) is 13.6. The highest BCUT2D eigenvalue weighted by molar-refractivity contribution is 7.89. The maximum Gasteiger partial charge on any atom is 0.243 e. The maximum atomic E-state index is 12.6. The molecule has 1 aliphatic heterocycles. The van der Waals surface area contributed by atoms with Crippen LogP contribution in [-0.2, 0) is 16.6 Å². The first-order valence-electron chi connectivity index (χ1n) is 7.06. The van der Waals surface area contributed by atoms with E-state index in [0.717, 1.165) is 5.76 Å². The standard InChI is InChI=1S/C15H17ClN2O3S/c16-13-3-5-15(6-4-13)22(19,20)18-9-7-17(8-10-18)12-14-2-1-11-21-14/h1-6,11H,7-10,12H2. The predicted molar refractivity (Wildman–Crippen MR) is 84.2 cm³/mol. The monoisotopic (exact) mass is 340 g/mol. The van der Waals surface area contributed by atoms with E-state index in [2.05, 4.69) is 4.90 Å². The van der Waals surface area contributed by atoms with Crippen molar-refractivity contribution < 1.29 is 12.8 Å². The molecular weight excluding hydrogens is 324 g/mol. The molecule has 7 heteroatoms. The van der Waals surface area contributed by atoms with Gasteiger partial charge in [-0.25, -0.2) is 8.42 Å². The van der Waals surface area contributed by atoms with Crippen LogP contribution in [0.1, 0.15) is 5.76 Å². The molecule has 0 atom stereocenters. The topological polar surface area (TPSA) is 53.8 Å². The molecule has 0 unspecified atom stereocenters. The Balaban J connectivity index is 1.64. The summed E-state index contributed by atoms with van der Waals surface area (Å²) in [6.07, 6.45) is 1.65. The van der Waals surface area contributed by atoms with Crippen LogP contribution in [-0.4, -0.2) is 43.8 Å². The lowest BCUT2D eigenvalue weighted by atomic mass is 10.3. The lowest BCUT2D eigenvalue weighted by Gasteiger charge is -2.33. The summed E-state index contributed by atoms with van der Waals surface area (Å²) in [6.45, 7) is 3.04. The lowest BCUT2D eigenvalue weighted by molar-refractivity contribution is 0.171. The van der Waals surface area contributed by atoms with E-state index in [-0.39, 0.29) is 4.90 Å². The molecule has 0 radical (unpaired) electrons. The predicted octanol–water partition coefficient (Wildman–Crippen LogP) is 2.44. The minimum Gasteiger partial charge on any atom is -0.468 e. The highest BCUT2D eigenvalue weighted by atomic mass is 35.5. The number of furan rings is 1. The summed E-state index contributed by atoms with van der Waals surface area (Å²) in [5.41, 5.74) is 0. The zero-order chi connectivity index (χ0) is 15.6. The lowest BCUT2D eigenvalue weighted by Crippen LogP contribution is -2.48. The summed E-state index contributed by atoms with van der Waals surface area (Å²) in [6, 6.07) is 10.1. The Bertz CT molecular complexity index is 706. The molecule has 1 fully saturated rings. The second kappa shape index (κ2) is 6.42. The van der Waals surface area contributed by atoms with Gasteiger partial charge in [0.25, 0.3) is 0 Å². The van der Waals surface area contributed by atoms with Crippen LogP contribution in [0.2, 0.25) is 5.02 Å². The van der Waals surface area contributed by atoms with Gasteiger partial charge in [0.15, 0.2) is 0 Å². The number of sulfonamides is 1. The van der Waals surface area contributed by atoms with Crippen molar-refractivity contribution in [1.29, 1.82) is 0 Å². The Hall–Kier alpha value is -1.34. The van der Waals surface area contributed by atoms with Crippen molar-refractivity contribution >= 4 is 21.6 Å². The Morgan fingerprint density at radius 2 is 1.73 bits per heavy atom. The van der Waals surface area contributed by atoms with E-state index in [0.29, 0.717) is 37.7 Å². The molecule has 1 aromatic carbocycles. The summed E-state index contributed by atoms with van der Waals surface area (Å²) >= 11 is 5.81. The normalized spacial score (nSPS) is 17.7. The van der Waals surface area contributed by atoms with E-state index in [1.165, 1.54) is 4.31 Å². The largest absolute Gasteiger partial charge is 0.468 e. The van der Waals surface area contributed by atoms with Crippen molar-refractivity contribution in [3.63, 3.8) is 0 Å². The molecule has 1 aliphatic rings. The van der Waals surface area contributed by atoms with E-state index >= 15 is 0 Å². The van der Waals surface area contributed by atoms with Gasteiger partial charge in [-0.3, -0.25) is 4.90 Å². The van der Waals surface area contributed by atoms with Gasteiger partial charge in [-0.2, -0.15) is 4.31 Å². The van der Waals surface area contributed by atoms with Crippen molar-refractivity contribution in [3.05, 3.63) is 53.4 Å². The molecule has 118 valence electrons. The van der Waals surface area contributed by atoms with Crippen LogP contribution in [0.15, 0.2) is 52.0 Å². The van der Waals surface area contributed by atoms with Crippen LogP contribution < -0.4 is 0 Å². The van der Waals surface area contributed by atoms with Gasteiger partial charge < -0.3 is 4.42 Å². The fourth-order valence-electron chi connectivity index (χ4n) is 2.51. The van der Waals surface area contributed by atoms with Crippen LogP contribution in [0.5, 0.6) is 0 Å². The molecule has 2 aromatic rings. The fraction of sp³-hybridized carbons (Fsp3) is 0.333. The average Bonchev–Trinajstić information content (AvgIpc) is 3.01. The van der Waals surface area contributed by atoms with E-state index in [1.54, 1.807) is 30.5 Å². The summed E-state index contributed by atoms with van der Waals surface area (Å²) in [7, 11) is -3.44. The third-order valence-electron chi connectivity index (χ3n) is 3.74. The molecule has 0 aliphatic carbocycles. The molecule has 5 nitrogen and oxygen atoms in total. The number of nitrogens with zero attached hydrogens (tertiary/aromatic N) is 2. The number of benzene rings is 1. The number of piperazine rings is 1. The number of hydrogen-bond donors (Lipinski definition) is 0. The molecule has 22 heavy (non-hydrogen) atoms. The van der Waals surface area contributed by atoms with Gasteiger partial charge in [0.2, 0.25) is 10.0 Å². The van der Waals surface area contributed by atoms with Crippen LogP contribution in [0, 0.1) is 0 Å². The van der Waals surface area contributed by atoms with Crippen molar-refractivity contribution in [1.82, 2.24) is 9.21 Å². The van der Waals surface area contributed by atoms with Gasteiger partial charge in [-0.1, -0.05) is 11.6 Å². The molecule has 0 N–H and O–H groups in total. The molecule has 0 spiro atoms. The Kier molecular flexibility index (Phi) is 4.54. The first-order chi connectivity index (χ1) is 10.6. The average molecular weight is 341 g/mol.